The van der Waals surface area contributed by atoms with E-state index in [2.05, 4.69) is 0 Å². The molecule has 19 heavy (non-hydrogen) atoms. The van der Waals surface area contributed by atoms with E-state index in [-0.39, 0.29) is 6.04 Å². The smallest absolute Gasteiger partial charge is 0.127 e. The SMILES string of the molecule is COc1cccc(OC)c1C(N)CCc1ccco1. The molecule has 1 atom stereocenters. The minimum Gasteiger partial charge on any atom is -0.496 e. The third-order valence-corrected chi connectivity index (χ3v) is 3.12. The number of hydrogen-bond donors (Lipinski definition) is 1. The number of ether oxygens (including phenoxy) is 2. The van der Waals surface area contributed by atoms with Crippen LogP contribution in [0.15, 0.2) is 41.0 Å². The zero-order valence-electron chi connectivity index (χ0n) is 11.3. The van der Waals surface area contributed by atoms with Gasteiger partial charge in [0.2, 0.25) is 0 Å². The van der Waals surface area contributed by atoms with Crippen molar-refractivity contribution >= 4 is 0 Å². The largest absolute Gasteiger partial charge is 0.496 e. The molecule has 0 spiro atoms. The lowest BCUT2D eigenvalue weighted by Gasteiger charge is -2.18. The predicted molar refractivity (Wildman–Crippen MR) is 73.5 cm³/mol. The third kappa shape index (κ3) is 3.09. The summed E-state index contributed by atoms with van der Waals surface area (Å²) in [4.78, 5) is 0. The van der Waals surface area contributed by atoms with E-state index < -0.39 is 0 Å². The highest BCUT2D eigenvalue weighted by atomic mass is 16.5. The molecular formula is C15H19NO3. The molecule has 2 N–H and O–H groups in total. The van der Waals surface area contributed by atoms with Crippen LogP contribution in [0.1, 0.15) is 23.8 Å². The first-order valence-electron chi connectivity index (χ1n) is 6.25. The Labute approximate surface area is 113 Å². The van der Waals surface area contributed by atoms with E-state index in [9.17, 15) is 0 Å². The molecular weight excluding hydrogens is 242 g/mol. The maximum Gasteiger partial charge on any atom is 0.127 e. The van der Waals surface area contributed by atoms with E-state index >= 15 is 0 Å². The van der Waals surface area contributed by atoms with Gasteiger partial charge >= 0.3 is 0 Å². The molecule has 1 aromatic carbocycles. The van der Waals surface area contributed by atoms with Crippen LogP contribution < -0.4 is 15.2 Å². The van der Waals surface area contributed by atoms with Crippen LogP contribution in [0.2, 0.25) is 0 Å². The van der Waals surface area contributed by atoms with Crippen LogP contribution in [0, 0.1) is 0 Å². The molecule has 0 aliphatic rings. The molecule has 0 saturated carbocycles. The van der Waals surface area contributed by atoms with Gasteiger partial charge in [-0.15, -0.1) is 0 Å². The number of aryl methyl sites for hydroxylation is 1. The fraction of sp³-hybridized carbons (Fsp3) is 0.333. The van der Waals surface area contributed by atoms with Crippen molar-refractivity contribution in [2.45, 2.75) is 18.9 Å². The summed E-state index contributed by atoms with van der Waals surface area (Å²) in [5.41, 5.74) is 7.16. The Morgan fingerprint density at radius 1 is 1.11 bits per heavy atom. The zero-order valence-corrected chi connectivity index (χ0v) is 11.3. The average molecular weight is 261 g/mol. The number of furan rings is 1. The summed E-state index contributed by atoms with van der Waals surface area (Å²) in [6.45, 7) is 0. The molecule has 2 aromatic rings. The number of hydrogen-bond acceptors (Lipinski definition) is 4. The summed E-state index contributed by atoms with van der Waals surface area (Å²) in [5, 5.41) is 0. The Morgan fingerprint density at radius 3 is 2.32 bits per heavy atom. The highest BCUT2D eigenvalue weighted by molar-refractivity contribution is 5.46. The molecule has 1 unspecified atom stereocenters. The Balaban J connectivity index is 2.15. The number of methoxy groups -OCH3 is 2. The standard InChI is InChI=1S/C15H19NO3/c1-17-13-6-3-7-14(18-2)15(13)12(16)9-8-11-5-4-10-19-11/h3-7,10,12H,8-9,16H2,1-2H3. The molecule has 4 nitrogen and oxygen atoms in total. The van der Waals surface area contributed by atoms with Crippen LogP contribution in [0.25, 0.3) is 0 Å². The van der Waals surface area contributed by atoms with E-state index in [4.69, 9.17) is 19.6 Å². The fourth-order valence-corrected chi connectivity index (χ4v) is 2.14. The first kappa shape index (κ1) is 13.5. The van der Waals surface area contributed by atoms with Gasteiger partial charge in [-0.25, -0.2) is 0 Å². The zero-order chi connectivity index (χ0) is 13.7. The second kappa shape index (κ2) is 6.29. The van der Waals surface area contributed by atoms with Crippen molar-refractivity contribution in [2.75, 3.05) is 14.2 Å². The van der Waals surface area contributed by atoms with Crippen LogP contribution in [0.4, 0.5) is 0 Å². The third-order valence-electron chi connectivity index (χ3n) is 3.12. The minimum atomic E-state index is -0.156. The summed E-state index contributed by atoms with van der Waals surface area (Å²) in [6.07, 6.45) is 3.23. The Hall–Kier alpha value is -1.94. The van der Waals surface area contributed by atoms with Gasteiger partial charge in [-0.1, -0.05) is 6.07 Å². The topological polar surface area (TPSA) is 57.6 Å². The summed E-state index contributed by atoms with van der Waals surface area (Å²) in [6, 6.07) is 9.35. The van der Waals surface area contributed by atoms with Crippen LogP contribution in [0.5, 0.6) is 11.5 Å². The first-order chi connectivity index (χ1) is 9.26. The molecule has 0 bridgehead atoms. The van der Waals surface area contributed by atoms with E-state index in [1.165, 1.54) is 0 Å². The van der Waals surface area contributed by atoms with Gasteiger partial charge < -0.3 is 19.6 Å². The minimum absolute atomic E-state index is 0.156. The molecule has 0 aliphatic carbocycles. The van der Waals surface area contributed by atoms with Crippen molar-refractivity contribution in [3.05, 3.63) is 47.9 Å². The van der Waals surface area contributed by atoms with Crippen molar-refractivity contribution < 1.29 is 13.9 Å². The van der Waals surface area contributed by atoms with Crippen LogP contribution >= 0.6 is 0 Å². The fourth-order valence-electron chi connectivity index (χ4n) is 2.14. The Kier molecular flexibility index (Phi) is 4.47. The van der Waals surface area contributed by atoms with Gasteiger partial charge in [0.25, 0.3) is 0 Å². The monoisotopic (exact) mass is 261 g/mol. The van der Waals surface area contributed by atoms with E-state index in [0.29, 0.717) is 0 Å². The first-order valence-corrected chi connectivity index (χ1v) is 6.25. The maximum atomic E-state index is 6.26. The van der Waals surface area contributed by atoms with Gasteiger partial charge in [0, 0.05) is 12.5 Å². The highest BCUT2D eigenvalue weighted by Gasteiger charge is 2.17. The second-order valence-corrected chi connectivity index (χ2v) is 4.30. The van der Waals surface area contributed by atoms with E-state index in [1.54, 1.807) is 20.5 Å². The van der Waals surface area contributed by atoms with Crippen molar-refractivity contribution in [3.8, 4) is 11.5 Å². The lowest BCUT2D eigenvalue weighted by molar-refractivity contribution is 0.375. The summed E-state index contributed by atoms with van der Waals surface area (Å²) in [7, 11) is 3.27. The molecule has 0 saturated heterocycles. The summed E-state index contributed by atoms with van der Waals surface area (Å²) >= 11 is 0. The lowest BCUT2D eigenvalue weighted by Crippen LogP contribution is -2.14. The van der Waals surface area contributed by atoms with Crippen LogP contribution in [-0.2, 0) is 6.42 Å². The van der Waals surface area contributed by atoms with Gasteiger partial charge in [0.15, 0.2) is 0 Å². The summed E-state index contributed by atoms with van der Waals surface area (Å²) < 4.78 is 16.0. The molecule has 2 rings (SSSR count). The normalized spacial score (nSPS) is 12.2. The second-order valence-electron chi connectivity index (χ2n) is 4.30. The van der Waals surface area contributed by atoms with Crippen LogP contribution in [-0.4, -0.2) is 14.2 Å². The molecule has 0 radical (unpaired) electrons. The van der Waals surface area contributed by atoms with Crippen molar-refractivity contribution in [2.24, 2.45) is 5.73 Å². The average Bonchev–Trinajstić information content (AvgIpc) is 2.97. The Bertz CT molecular complexity index is 486. The quantitative estimate of drug-likeness (QED) is 0.868. The van der Waals surface area contributed by atoms with E-state index in [0.717, 1.165) is 35.7 Å². The summed E-state index contributed by atoms with van der Waals surface area (Å²) in [5.74, 6) is 2.45. The van der Waals surface area contributed by atoms with Gasteiger partial charge in [-0.05, 0) is 30.7 Å². The molecule has 1 aromatic heterocycles. The molecule has 0 fully saturated rings. The van der Waals surface area contributed by atoms with Gasteiger partial charge in [0.05, 0.1) is 26.0 Å². The van der Waals surface area contributed by atoms with Gasteiger partial charge in [0.1, 0.15) is 17.3 Å². The molecule has 4 heteroatoms. The van der Waals surface area contributed by atoms with E-state index in [1.807, 2.05) is 30.3 Å². The van der Waals surface area contributed by atoms with Crippen molar-refractivity contribution in [1.82, 2.24) is 0 Å². The van der Waals surface area contributed by atoms with Gasteiger partial charge in [-0.2, -0.15) is 0 Å². The molecule has 0 aliphatic heterocycles. The number of benzene rings is 1. The van der Waals surface area contributed by atoms with Crippen molar-refractivity contribution in [3.63, 3.8) is 0 Å². The maximum absolute atomic E-state index is 6.26. The molecule has 1 heterocycles. The lowest BCUT2D eigenvalue weighted by atomic mass is 10.00. The van der Waals surface area contributed by atoms with Crippen molar-refractivity contribution in [1.29, 1.82) is 0 Å². The number of nitrogens with two attached hydrogens (primary N) is 1. The molecule has 0 amide bonds. The predicted octanol–water partition coefficient (Wildman–Crippen LogP) is 2.93. The Morgan fingerprint density at radius 2 is 1.79 bits per heavy atom. The number of rotatable bonds is 6. The molecule has 102 valence electrons. The van der Waals surface area contributed by atoms with Crippen LogP contribution in [0.3, 0.4) is 0 Å². The highest BCUT2D eigenvalue weighted by Crippen LogP contribution is 2.34. The van der Waals surface area contributed by atoms with Gasteiger partial charge in [-0.3, -0.25) is 0 Å².